The lowest BCUT2D eigenvalue weighted by atomic mass is 9.73. The molecule has 2 aliphatic carbocycles. The minimum atomic E-state index is -0.103. The molecule has 0 heterocycles. The fourth-order valence-electron chi connectivity index (χ4n) is 3.91. The molecule has 0 aromatic heterocycles. The summed E-state index contributed by atoms with van der Waals surface area (Å²) >= 11 is 0. The van der Waals surface area contributed by atoms with Gasteiger partial charge in [-0.05, 0) is 54.7 Å². The van der Waals surface area contributed by atoms with Crippen molar-refractivity contribution in [2.45, 2.75) is 64.0 Å². The fraction of sp³-hybridized carbons (Fsp3) is 0.667. The highest BCUT2D eigenvalue weighted by Crippen LogP contribution is 2.39. The molecule has 3 atom stereocenters. The van der Waals surface area contributed by atoms with Crippen molar-refractivity contribution in [3.8, 4) is 0 Å². The van der Waals surface area contributed by atoms with Gasteiger partial charge in [0.15, 0.2) is 0 Å². The van der Waals surface area contributed by atoms with Crippen molar-refractivity contribution in [2.24, 2.45) is 11.8 Å². The number of hydrogen-bond donors (Lipinski definition) is 1. The van der Waals surface area contributed by atoms with E-state index in [-0.39, 0.29) is 5.82 Å². The van der Waals surface area contributed by atoms with Crippen molar-refractivity contribution < 1.29 is 4.39 Å². The third-order valence-corrected chi connectivity index (χ3v) is 5.61. The maximum absolute atomic E-state index is 13.2. The van der Waals surface area contributed by atoms with Crippen LogP contribution in [0, 0.1) is 17.7 Å². The Morgan fingerprint density at radius 2 is 1.95 bits per heavy atom. The summed E-state index contributed by atoms with van der Waals surface area (Å²) < 4.78 is 13.2. The van der Waals surface area contributed by atoms with E-state index in [1.807, 2.05) is 6.07 Å². The van der Waals surface area contributed by atoms with Gasteiger partial charge in [0.05, 0.1) is 0 Å². The third-order valence-electron chi connectivity index (χ3n) is 5.61. The van der Waals surface area contributed by atoms with Gasteiger partial charge in [-0.25, -0.2) is 4.39 Å². The maximum atomic E-state index is 13.2. The van der Waals surface area contributed by atoms with Gasteiger partial charge in [0.2, 0.25) is 0 Å². The van der Waals surface area contributed by atoms with Gasteiger partial charge in [-0.1, -0.05) is 38.8 Å². The van der Waals surface area contributed by atoms with Gasteiger partial charge in [0, 0.05) is 12.1 Å². The van der Waals surface area contributed by atoms with Crippen LogP contribution in [0.15, 0.2) is 24.3 Å². The molecule has 110 valence electrons. The molecule has 1 nitrogen and oxygen atoms in total. The van der Waals surface area contributed by atoms with Crippen LogP contribution in [0.3, 0.4) is 0 Å². The van der Waals surface area contributed by atoms with E-state index in [0.29, 0.717) is 18.0 Å². The molecular formula is C18H26FN. The highest BCUT2D eigenvalue weighted by molar-refractivity contribution is 5.23. The van der Waals surface area contributed by atoms with E-state index in [9.17, 15) is 4.39 Å². The highest BCUT2D eigenvalue weighted by atomic mass is 19.1. The van der Waals surface area contributed by atoms with Crippen LogP contribution < -0.4 is 5.32 Å². The maximum Gasteiger partial charge on any atom is 0.123 e. The van der Waals surface area contributed by atoms with Crippen LogP contribution in [0.5, 0.6) is 0 Å². The first-order chi connectivity index (χ1) is 9.63. The summed E-state index contributed by atoms with van der Waals surface area (Å²) in [4.78, 5) is 0. The van der Waals surface area contributed by atoms with Crippen molar-refractivity contribution in [2.75, 3.05) is 0 Å². The molecule has 1 aromatic carbocycles. The second kappa shape index (κ2) is 5.85. The number of nitrogens with one attached hydrogen (secondary N) is 1. The molecule has 2 saturated carbocycles. The molecule has 20 heavy (non-hydrogen) atoms. The molecule has 1 aromatic rings. The van der Waals surface area contributed by atoms with E-state index >= 15 is 0 Å². The van der Waals surface area contributed by atoms with Gasteiger partial charge in [0.1, 0.15) is 5.82 Å². The van der Waals surface area contributed by atoms with Crippen molar-refractivity contribution in [3.05, 3.63) is 35.6 Å². The summed E-state index contributed by atoms with van der Waals surface area (Å²) in [6, 6.07) is 8.46. The normalized spacial score (nSPS) is 37.5. The largest absolute Gasteiger partial charge is 0.311 e. The predicted octanol–water partition coefficient (Wildman–Crippen LogP) is 4.49. The molecule has 2 fully saturated rings. The Kier molecular flexibility index (Phi) is 4.11. The van der Waals surface area contributed by atoms with Crippen molar-refractivity contribution in [3.63, 3.8) is 0 Å². The Morgan fingerprint density at radius 3 is 2.70 bits per heavy atom. The Hall–Kier alpha value is -0.890. The minimum Gasteiger partial charge on any atom is -0.311 e. The first-order valence-electron chi connectivity index (χ1n) is 8.15. The zero-order valence-electron chi connectivity index (χ0n) is 12.6. The van der Waals surface area contributed by atoms with Crippen LogP contribution >= 0.6 is 0 Å². The van der Waals surface area contributed by atoms with E-state index in [1.54, 1.807) is 6.07 Å². The van der Waals surface area contributed by atoms with Gasteiger partial charge < -0.3 is 5.32 Å². The molecule has 0 spiro atoms. The Labute approximate surface area is 122 Å². The summed E-state index contributed by atoms with van der Waals surface area (Å²) in [5, 5.41) is 3.86. The molecule has 2 heteroatoms. The van der Waals surface area contributed by atoms with E-state index in [1.165, 1.54) is 43.7 Å². The smallest absolute Gasteiger partial charge is 0.123 e. The van der Waals surface area contributed by atoms with Crippen molar-refractivity contribution >= 4 is 0 Å². The number of halogens is 1. The molecule has 3 unspecified atom stereocenters. The van der Waals surface area contributed by atoms with Gasteiger partial charge in [0.25, 0.3) is 0 Å². The standard InChI is InChI=1S/C18H26FN/c1-12-5-3-8-18(13(12)2)20-17-10-15(11-17)14-6-4-7-16(19)9-14/h4,6-7,9,12-13,15,17-18,20H,3,5,8,10-11H2,1-2H3. The Morgan fingerprint density at radius 1 is 1.15 bits per heavy atom. The van der Waals surface area contributed by atoms with Crippen LogP contribution in [-0.4, -0.2) is 12.1 Å². The zero-order valence-corrected chi connectivity index (χ0v) is 12.6. The average molecular weight is 275 g/mol. The Bertz CT molecular complexity index is 452. The summed E-state index contributed by atoms with van der Waals surface area (Å²) in [6.07, 6.45) is 6.41. The molecule has 0 bridgehead atoms. The molecule has 0 saturated heterocycles. The topological polar surface area (TPSA) is 12.0 Å². The van der Waals surface area contributed by atoms with E-state index in [0.717, 1.165) is 11.8 Å². The van der Waals surface area contributed by atoms with Crippen LogP contribution in [-0.2, 0) is 0 Å². The minimum absolute atomic E-state index is 0.103. The van der Waals surface area contributed by atoms with Crippen LogP contribution in [0.25, 0.3) is 0 Å². The molecule has 0 aliphatic heterocycles. The van der Waals surface area contributed by atoms with Crippen LogP contribution in [0.2, 0.25) is 0 Å². The zero-order chi connectivity index (χ0) is 14.1. The second-order valence-electron chi connectivity index (χ2n) is 6.96. The average Bonchev–Trinajstić information content (AvgIpc) is 2.38. The second-order valence-corrected chi connectivity index (χ2v) is 6.96. The predicted molar refractivity (Wildman–Crippen MR) is 81.3 cm³/mol. The highest BCUT2D eigenvalue weighted by Gasteiger charge is 2.34. The lowest BCUT2D eigenvalue weighted by molar-refractivity contribution is 0.162. The van der Waals surface area contributed by atoms with Crippen LogP contribution in [0.1, 0.15) is 57.4 Å². The fourth-order valence-corrected chi connectivity index (χ4v) is 3.91. The van der Waals surface area contributed by atoms with E-state index in [2.05, 4.69) is 25.2 Å². The monoisotopic (exact) mass is 275 g/mol. The SMILES string of the molecule is CC1CCCC(NC2CC(c3cccc(F)c3)C2)C1C. The first kappa shape index (κ1) is 14.1. The number of hydrogen-bond acceptors (Lipinski definition) is 1. The summed E-state index contributed by atoms with van der Waals surface area (Å²) in [5.41, 5.74) is 1.17. The lowest BCUT2D eigenvalue weighted by Crippen LogP contribution is -2.50. The van der Waals surface area contributed by atoms with Crippen LogP contribution in [0.4, 0.5) is 4.39 Å². The van der Waals surface area contributed by atoms with Crippen molar-refractivity contribution in [1.82, 2.24) is 5.32 Å². The van der Waals surface area contributed by atoms with E-state index < -0.39 is 0 Å². The van der Waals surface area contributed by atoms with Gasteiger partial charge >= 0.3 is 0 Å². The molecule has 1 N–H and O–H groups in total. The molecule has 0 radical (unpaired) electrons. The Balaban J connectivity index is 1.51. The lowest BCUT2D eigenvalue weighted by Gasteiger charge is -2.43. The number of benzene rings is 1. The first-order valence-corrected chi connectivity index (χ1v) is 8.15. The molecular weight excluding hydrogens is 249 g/mol. The molecule has 0 amide bonds. The van der Waals surface area contributed by atoms with Gasteiger partial charge in [-0.3, -0.25) is 0 Å². The van der Waals surface area contributed by atoms with Crippen molar-refractivity contribution in [1.29, 1.82) is 0 Å². The molecule has 3 rings (SSSR count). The summed E-state index contributed by atoms with van der Waals surface area (Å²) in [7, 11) is 0. The summed E-state index contributed by atoms with van der Waals surface area (Å²) in [6.45, 7) is 4.78. The molecule has 2 aliphatic rings. The van der Waals surface area contributed by atoms with Gasteiger partial charge in [-0.15, -0.1) is 0 Å². The quantitative estimate of drug-likeness (QED) is 0.857. The summed E-state index contributed by atoms with van der Waals surface area (Å²) in [5.74, 6) is 2.09. The third kappa shape index (κ3) is 2.90. The van der Waals surface area contributed by atoms with E-state index in [4.69, 9.17) is 0 Å². The van der Waals surface area contributed by atoms with Gasteiger partial charge in [-0.2, -0.15) is 0 Å². The number of rotatable bonds is 3.